The number of nitrogens with zero attached hydrogens (tertiary/aromatic N) is 3. The van der Waals surface area contributed by atoms with Crippen molar-refractivity contribution in [2.45, 2.75) is 32.9 Å². The normalized spacial score (nSPS) is 10.8. The Kier molecular flexibility index (Phi) is 4.47. The zero-order valence-corrected chi connectivity index (χ0v) is 11.1. The van der Waals surface area contributed by atoms with Crippen molar-refractivity contribution in [3.63, 3.8) is 0 Å². The van der Waals surface area contributed by atoms with Gasteiger partial charge < -0.3 is 9.88 Å². The number of hydrogen-bond acceptors (Lipinski definition) is 3. The zero-order chi connectivity index (χ0) is 12.8. The minimum absolute atomic E-state index is 0.845. The summed E-state index contributed by atoms with van der Waals surface area (Å²) in [6, 6.07) is 2.19. The van der Waals surface area contributed by atoms with Gasteiger partial charge in [0.25, 0.3) is 0 Å². The molecule has 0 aromatic carbocycles. The van der Waals surface area contributed by atoms with Crippen molar-refractivity contribution in [2.75, 3.05) is 7.05 Å². The summed E-state index contributed by atoms with van der Waals surface area (Å²) in [5.74, 6) is 1.11. The summed E-state index contributed by atoms with van der Waals surface area (Å²) in [5, 5.41) is 3.14. The maximum absolute atomic E-state index is 4.43. The van der Waals surface area contributed by atoms with Crippen molar-refractivity contribution in [1.82, 2.24) is 19.9 Å². The minimum Gasteiger partial charge on any atom is -0.335 e. The summed E-state index contributed by atoms with van der Waals surface area (Å²) in [7, 11) is 1.95. The summed E-state index contributed by atoms with van der Waals surface area (Å²) in [6.45, 7) is 4.06. The van der Waals surface area contributed by atoms with Crippen LogP contribution in [0.4, 0.5) is 0 Å². The first kappa shape index (κ1) is 12.8. The Morgan fingerprint density at radius 1 is 1.28 bits per heavy atom. The fraction of sp³-hybridized carbons (Fsp3) is 0.429. The fourth-order valence-corrected chi connectivity index (χ4v) is 2.07. The van der Waals surface area contributed by atoms with Crippen LogP contribution in [0.15, 0.2) is 30.9 Å². The first-order valence-electron chi connectivity index (χ1n) is 6.41. The van der Waals surface area contributed by atoms with E-state index in [1.807, 2.05) is 31.8 Å². The van der Waals surface area contributed by atoms with Gasteiger partial charge in [-0.25, -0.2) is 4.98 Å². The number of rotatable bonds is 6. The maximum atomic E-state index is 4.43. The molecule has 0 fully saturated rings. The van der Waals surface area contributed by atoms with E-state index in [0.717, 1.165) is 31.8 Å². The molecule has 0 aliphatic carbocycles. The van der Waals surface area contributed by atoms with E-state index >= 15 is 0 Å². The molecular formula is C14H20N4. The van der Waals surface area contributed by atoms with Crippen molar-refractivity contribution in [1.29, 1.82) is 0 Å². The van der Waals surface area contributed by atoms with E-state index in [0.29, 0.717) is 0 Å². The molecule has 18 heavy (non-hydrogen) atoms. The van der Waals surface area contributed by atoms with Crippen molar-refractivity contribution in [2.24, 2.45) is 0 Å². The number of nitrogens with one attached hydrogen (secondary N) is 1. The van der Waals surface area contributed by atoms with Gasteiger partial charge in [0.15, 0.2) is 0 Å². The number of pyridine rings is 1. The first-order valence-corrected chi connectivity index (χ1v) is 6.41. The molecule has 0 amide bonds. The SMILES string of the molecule is CCCn1ccnc1Cc1cncc(CNC)c1. The van der Waals surface area contributed by atoms with Crippen LogP contribution in [0.5, 0.6) is 0 Å². The number of aryl methyl sites for hydroxylation is 1. The zero-order valence-electron chi connectivity index (χ0n) is 11.1. The molecule has 1 N–H and O–H groups in total. The fourth-order valence-electron chi connectivity index (χ4n) is 2.07. The average Bonchev–Trinajstić information content (AvgIpc) is 2.78. The number of aromatic nitrogens is 3. The molecule has 2 aromatic rings. The lowest BCUT2D eigenvalue weighted by molar-refractivity contribution is 0.646. The minimum atomic E-state index is 0.845. The average molecular weight is 244 g/mol. The Hall–Kier alpha value is -1.68. The third-order valence-corrected chi connectivity index (χ3v) is 2.86. The smallest absolute Gasteiger partial charge is 0.113 e. The second-order valence-corrected chi connectivity index (χ2v) is 4.45. The largest absolute Gasteiger partial charge is 0.335 e. The van der Waals surface area contributed by atoms with Crippen LogP contribution >= 0.6 is 0 Å². The van der Waals surface area contributed by atoms with Gasteiger partial charge in [0.1, 0.15) is 5.82 Å². The van der Waals surface area contributed by atoms with Gasteiger partial charge in [-0.05, 0) is 24.6 Å². The molecule has 96 valence electrons. The highest BCUT2D eigenvalue weighted by Gasteiger charge is 2.04. The third-order valence-electron chi connectivity index (χ3n) is 2.86. The van der Waals surface area contributed by atoms with Crippen LogP contribution in [-0.2, 0) is 19.5 Å². The van der Waals surface area contributed by atoms with Gasteiger partial charge in [0.05, 0.1) is 0 Å². The van der Waals surface area contributed by atoms with Gasteiger partial charge in [-0.1, -0.05) is 13.0 Å². The molecule has 0 bridgehead atoms. The van der Waals surface area contributed by atoms with E-state index < -0.39 is 0 Å². The Bertz CT molecular complexity index is 490. The summed E-state index contributed by atoms with van der Waals surface area (Å²) in [5.41, 5.74) is 2.43. The molecule has 0 atom stereocenters. The standard InChI is InChI=1S/C14H20N4/c1-3-5-18-6-4-17-14(18)8-12-7-13(9-15-2)11-16-10-12/h4,6-7,10-11,15H,3,5,8-9H2,1-2H3. The quantitative estimate of drug-likeness (QED) is 0.845. The van der Waals surface area contributed by atoms with Gasteiger partial charge >= 0.3 is 0 Å². The summed E-state index contributed by atoms with van der Waals surface area (Å²) >= 11 is 0. The van der Waals surface area contributed by atoms with Crippen LogP contribution in [0.3, 0.4) is 0 Å². The monoisotopic (exact) mass is 244 g/mol. The lowest BCUT2D eigenvalue weighted by Crippen LogP contribution is -2.07. The van der Waals surface area contributed by atoms with E-state index in [4.69, 9.17) is 0 Å². The van der Waals surface area contributed by atoms with E-state index in [1.165, 1.54) is 11.1 Å². The van der Waals surface area contributed by atoms with Gasteiger partial charge in [-0.3, -0.25) is 4.98 Å². The molecule has 0 unspecified atom stereocenters. The summed E-state index contributed by atoms with van der Waals surface area (Å²) in [4.78, 5) is 8.71. The second kappa shape index (κ2) is 6.31. The Labute approximate surface area is 108 Å². The highest BCUT2D eigenvalue weighted by atomic mass is 15.1. The molecule has 0 radical (unpaired) electrons. The van der Waals surface area contributed by atoms with E-state index in [-0.39, 0.29) is 0 Å². The molecule has 4 heteroatoms. The molecule has 0 spiro atoms. The van der Waals surface area contributed by atoms with Gasteiger partial charge in [0, 0.05) is 44.3 Å². The Morgan fingerprint density at radius 3 is 2.89 bits per heavy atom. The molecule has 2 rings (SSSR count). The molecule has 2 aromatic heterocycles. The topological polar surface area (TPSA) is 42.7 Å². The molecule has 4 nitrogen and oxygen atoms in total. The highest BCUT2D eigenvalue weighted by molar-refractivity contribution is 5.21. The highest BCUT2D eigenvalue weighted by Crippen LogP contribution is 2.09. The van der Waals surface area contributed by atoms with Crippen LogP contribution in [0.25, 0.3) is 0 Å². The molecule has 0 saturated carbocycles. The Balaban J connectivity index is 2.12. The third kappa shape index (κ3) is 3.17. The second-order valence-electron chi connectivity index (χ2n) is 4.45. The van der Waals surface area contributed by atoms with Crippen molar-refractivity contribution in [3.05, 3.63) is 47.8 Å². The van der Waals surface area contributed by atoms with Gasteiger partial charge in [0.2, 0.25) is 0 Å². The van der Waals surface area contributed by atoms with E-state index in [9.17, 15) is 0 Å². The lowest BCUT2D eigenvalue weighted by atomic mass is 10.1. The summed E-state index contributed by atoms with van der Waals surface area (Å²) in [6.07, 6.45) is 9.71. The predicted octanol–water partition coefficient (Wildman–Crippen LogP) is 2.00. The lowest BCUT2D eigenvalue weighted by Gasteiger charge is -2.07. The molecule has 0 aliphatic rings. The van der Waals surface area contributed by atoms with Crippen LogP contribution in [0.2, 0.25) is 0 Å². The van der Waals surface area contributed by atoms with Crippen molar-refractivity contribution < 1.29 is 0 Å². The van der Waals surface area contributed by atoms with Crippen molar-refractivity contribution >= 4 is 0 Å². The number of hydrogen-bond donors (Lipinski definition) is 1. The first-order chi connectivity index (χ1) is 8.83. The van der Waals surface area contributed by atoms with Crippen LogP contribution in [0.1, 0.15) is 30.3 Å². The van der Waals surface area contributed by atoms with Crippen LogP contribution in [-0.4, -0.2) is 21.6 Å². The molecular weight excluding hydrogens is 224 g/mol. The molecule has 0 aliphatic heterocycles. The summed E-state index contributed by atoms with van der Waals surface area (Å²) < 4.78 is 2.21. The number of imidazole rings is 1. The van der Waals surface area contributed by atoms with Gasteiger partial charge in [-0.2, -0.15) is 0 Å². The van der Waals surface area contributed by atoms with Crippen LogP contribution in [0, 0.1) is 0 Å². The van der Waals surface area contributed by atoms with Gasteiger partial charge in [-0.15, -0.1) is 0 Å². The van der Waals surface area contributed by atoms with E-state index in [1.54, 1.807) is 0 Å². The molecule has 2 heterocycles. The van der Waals surface area contributed by atoms with Crippen molar-refractivity contribution in [3.8, 4) is 0 Å². The van der Waals surface area contributed by atoms with Crippen LogP contribution < -0.4 is 5.32 Å². The maximum Gasteiger partial charge on any atom is 0.113 e. The predicted molar refractivity (Wildman–Crippen MR) is 72.3 cm³/mol. The molecule has 0 saturated heterocycles. The van der Waals surface area contributed by atoms with E-state index in [2.05, 4.69) is 32.8 Å². The Morgan fingerprint density at radius 2 is 2.11 bits per heavy atom.